The molecule has 3 aromatic rings. The van der Waals surface area contributed by atoms with E-state index in [4.69, 9.17) is 4.74 Å². The Morgan fingerprint density at radius 2 is 1.85 bits per heavy atom. The quantitative estimate of drug-likeness (QED) is 0.710. The maximum atomic E-state index is 13.4. The van der Waals surface area contributed by atoms with E-state index in [1.807, 2.05) is 48.5 Å². The van der Waals surface area contributed by atoms with Crippen LogP contribution in [0.3, 0.4) is 0 Å². The lowest BCUT2D eigenvalue weighted by Gasteiger charge is -2.11. The van der Waals surface area contributed by atoms with Crippen molar-refractivity contribution < 1.29 is 13.9 Å². The number of ether oxygens (including phenoxy) is 1. The minimum Gasteiger partial charge on any atom is -0.496 e. The molecule has 136 valence electrons. The highest BCUT2D eigenvalue weighted by Crippen LogP contribution is 2.41. The molecule has 4 heteroatoms. The predicted molar refractivity (Wildman–Crippen MR) is 103 cm³/mol. The van der Waals surface area contributed by atoms with Crippen LogP contribution in [0.1, 0.15) is 28.3 Å². The number of rotatable bonds is 5. The molecule has 1 fully saturated rings. The average Bonchev–Trinajstić information content (AvgIpc) is 3.47. The van der Waals surface area contributed by atoms with Crippen LogP contribution in [-0.4, -0.2) is 19.1 Å². The van der Waals surface area contributed by atoms with Crippen LogP contribution >= 0.6 is 0 Å². The molecule has 2 atom stereocenters. The first kappa shape index (κ1) is 17.3. The zero-order chi connectivity index (χ0) is 18.8. The number of halogens is 1. The van der Waals surface area contributed by atoms with Gasteiger partial charge in [0.05, 0.1) is 7.11 Å². The summed E-state index contributed by atoms with van der Waals surface area (Å²) in [4.78, 5) is 12.7. The molecule has 3 nitrogen and oxygen atoms in total. The highest BCUT2D eigenvalue weighted by atomic mass is 19.1. The van der Waals surface area contributed by atoms with Crippen molar-refractivity contribution in [2.75, 3.05) is 7.11 Å². The molecule has 0 unspecified atom stereocenters. The molecule has 0 radical (unpaired) electrons. The summed E-state index contributed by atoms with van der Waals surface area (Å²) in [7, 11) is 1.62. The number of hydrogen-bond donors (Lipinski definition) is 1. The number of carbonyl (C=O) groups is 1. The number of amides is 1. The average molecular weight is 361 g/mol. The van der Waals surface area contributed by atoms with E-state index in [0.717, 1.165) is 28.9 Å². The first-order valence-electron chi connectivity index (χ1n) is 8.95. The first-order chi connectivity index (χ1) is 13.2. The Hall–Kier alpha value is -3.14. The maximum Gasteiger partial charge on any atom is 0.251 e. The molecule has 0 saturated heterocycles. The van der Waals surface area contributed by atoms with Crippen molar-refractivity contribution in [2.45, 2.75) is 18.4 Å². The first-order valence-corrected chi connectivity index (χ1v) is 8.95. The van der Waals surface area contributed by atoms with Crippen LogP contribution < -0.4 is 10.1 Å². The van der Waals surface area contributed by atoms with Gasteiger partial charge in [-0.1, -0.05) is 42.5 Å². The molecule has 0 bridgehead atoms. The third-order valence-corrected chi connectivity index (χ3v) is 4.93. The molecular weight excluding hydrogens is 341 g/mol. The van der Waals surface area contributed by atoms with Gasteiger partial charge in [0.15, 0.2) is 0 Å². The second-order valence-electron chi connectivity index (χ2n) is 6.76. The predicted octanol–water partition coefficient (Wildman–Crippen LogP) is 4.79. The van der Waals surface area contributed by atoms with Crippen molar-refractivity contribution in [3.8, 4) is 16.9 Å². The van der Waals surface area contributed by atoms with Crippen LogP contribution in [0.25, 0.3) is 11.1 Å². The summed E-state index contributed by atoms with van der Waals surface area (Å²) < 4.78 is 18.8. The lowest BCUT2D eigenvalue weighted by molar-refractivity contribution is 0.0950. The van der Waals surface area contributed by atoms with Gasteiger partial charge in [0.25, 0.3) is 5.91 Å². The monoisotopic (exact) mass is 361 g/mol. The number of benzene rings is 3. The molecule has 0 spiro atoms. The summed E-state index contributed by atoms with van der Waals surface area (Å²) in [5.41, 5.74) is 3.39. The summed E-state index contributed by atoms with van der Waals surface area (Å²) in [6, 6.07) is 21.9. The van der Waals surface area contributed by atoms with Crippen molar-refractivity contribution in [1.29, 1.82) is 0 Å². The fourth-order valence-corrected chi connectivity index (χ4v) is 3.40. The minimum absolute atomic E-state index is 0.0431. The molecule has 4 rings (SSSR count). The third kappa shape index (κ3) is 3.70. The highest BCUT2D eigenvalue weighted by molar-refractivity contribution is 5.96. The smallest absolute Gasteiger partial charge is 0.251 e. The number of methoxy groups -OCH3 is 1. The van der Waals surface area contributed by atoms with Gasteiger partial charge in [-0.05, 0) is 47.9 Å². The van der Waals surface area contributed by atoms with E-state index in [1.54, 1.807) is 19.2 Å². The van der Waals surface area contributed by atoms with Crippen LogP contribution in [0.5, 0.6) is 5.75 Å². The zero-order valence-electron chi connectivity index (χ0n) is 15.0. The van der Waals surface area contributed by atoms with Crippen molar-refractivity contribution >= 4 is 5.91 Å². The normalized spacial score (nSPS) is 18.0. The molecule has 0 aromatic heterocycles. The summed E-state index contributed by atoms with van der Waals surface area (Å²) in [5.74, 6) is 0.532. The molecule has 0 aliphatic heterocycles. The number of nitrogens with one attached hydrogen (secondary N) is 1. The van der Waals surface area contributed by atoms with E-state index in [1.165, 1.54) is 12.1 Å². The summed E-state index contributed by atoms with van der Waals surface area (Å²) in [6.45, 7) is 0. The molecule has 27 heavy (non-hydrogen) atoms. The lowest BCUT2D eigenvalue weighted by atomic mass is 10.0. The second kappa shape index (κ2) is 7.23. The minimum atomic E-state index is -0.243. The van der Waals surface area contributed by atoms with E-state index in [9.17, 15) is 9.18 Å². The lowest BCUT2D eigenvalue weighted by Crippen LogP contribution is -2.26. The van der Waals surface area contributed by atoms with Gasteiger partial charge in [-0.15, -0.1) is 0 Å². The fourth-order valence-electron chi connectivity index (χ4n) is 3.40. The van der Waals surface area contributed by atoms with Crippen LogP contribution in [0.15, 0.2) is 72.8 Å². The van der Waals surface area contributed by atoms with E-state index in [2.05, 4.69) is 5.32 Å². The van der Waals surface area contributed by atoms with Crippen molar-refractivity contribution in [2.24, 2.45) is 0 Å². The van der Waals surface area contributed by atoms with Crippen LogP contribution in [0.4, 0.5) is 4.39 Å². The summed E-state index contributed by atoms with van der Waals surface area (Å²) in [6.07, 6.45) is 0.830. The molecule has 3 aromatic carbocycles. The van der Waals surface area contributed by atoms with Gasteiger partial charge in [-0.2, -0.15) is 0 Å². The third-order valence-electron chi connectivity index (χ3n) is 4.93. The number of hydrogen-bond acceptors (Lipinski definition) is 2. The largest absolute Gasteiger partial charge is 0.496 e. The molecular formula is C23H20FNO2. The zero-order valence-corrected chi connectivity index (χ0v) is 15.0. The van der Waals surface area contributed by atoms with E-state index >= 15 is 0 Å². The molecule has 1 N–H and O–H groups in total. The molecule has 1 amide bonds. The van der Waals surface area contributed by atoms with Gasteiger partial charge in [0.2, 0.25) is 0 Å². The van der Waals surface area contributed by atoms with Gasteiger partial charge in [0.1, 0.15) is 11.6 Å². The van der Waals surface area contributed by atoms with Gasteiger partial charge < -0.3 is 10.1 Å². The Balaban J connectivity index is 1.51. The van der Waals surface area contributed by atoms with Gasteiger partial charge >= 0.3 is 0 Å². The van der Waals surface area contributed by atoms with Gasteiger partial charge in [-0.25, -0.2) is 4.39 Å². The van der Waals surface area contributed by atoms with Gasteiger partial charge in [0, 0.05) is 23.1 Å². The highest BCUT2D eigenvalue weighted by Gasteiger charge is 2.39. The Morgan fingerprint density at radius 3 is 2.59 bits per heavy atom. The number of carbonyl (C=O) groups excluding carboxylic acids is 1. The fraction of sp³-hybridized carbons (Fsp3) is 0.174. The van der Waals surface area contributed by atoms with Crippen molar-refractivity contribution in [3.05, 3.63) is 89.7 Å². The molecule has 1 saturated carbocycles. The van der Waals surface area contributed by atoms with Gasteiger partial charge in [-0.3, -0.25) is 4.79 Å². The van der Waals surface area contributed by atoms with Crippen molar-refractivity contribution in [1.82, 2.24) is 5.32 Å². The SMILES string of the molecule is COc1ccc(C(=O)N[C@@H]2C[C@@H]2c2cccc(F)c2)cc1-c1ccccc1. The Labute approximate surface area is 157 Å². The standard InChI is InChI=1S/C23H20FNO2/c1-27-22-11-10-17(13-20(22)15-6-3-2-4-7-15)23(26)25-21-14-19(21)16-8-5-9-18(24)12-16/h2-13,19,21H,14H2,1H3,(H,25,26)/t19-,21-/m1/s1. The Kier molecular flexibility index (Phi) is 4.63. The van der Waals surface area contributed by atoms with E-state index in [-0.39, 0.29) is 23.7 Å². The van der Waals surface area contributed by atoms with Crippen LogP contribution in [-0.2, 0) is 0 Å². The molecule has 0 heterocycles. The summed E-state index contributed by atoms with van der Waals surface area (Å²) >= 11 is 0. The molecule has 1 aliphatic rings. The molecule has 1 aliphatic carbocycles. The maximum absolute atomic E-state index is 13.4. The van der Waals surface area contributed by atoms with E-state index in [0.29, 0.717) is 5.56 Å². The topological polar surface area (TPSA) is 38.3 Å². The Bertz CT molecular complexity index is 971. The van der Waals surface area contributed by atoms with Crippen LogP contribution in [0, 0.1) is 5.82 Å². The summed E-state index contributed by atoms with van der Waals surface area (Å²) in [5, 5.41) is 3.05. The van der Waals surface area contributed by atoms with Crippen molar-refractivity contribution in [3.63, 3.8) is 0 Å². The van der Waals surface area contributed by atoms with Crippen LogP contribution in [0.2, 0.25) is 0 Å². The second-order valence-corrected chi connectivity index (χ2v) is 6.76. The van der Waals surface area contributed by atoms with E-state index < -0.39 is 0 Å². The Morgan fingerprint density at radius 1 is 1.04 bits per heavy atom.